The molecule has 0 bridgehead atoms. The Kier molecular flexibility index (Phi) is 5.23. The molecule has 4 heteroatoms. The Morgan fingerprint density at radius 1 is 1.10 bits per heavy atom. The summed E-state index contributed by atoms with van der Waals surface area (Å²) in [7, 11) is 0. The summed E-state index contributed by atoms with van der Waals surface area (Å²) in [4.78, 5) is 12.3. The third-order valence-electron chi connectivity index (χ3n) is 2.98. The number of ketones is 1. The lowest BCUT2D eigenvalue weighted by Gasteiger charge is -2.11. The fraction of sp³-hybridized carbons (Fsp3) is 0.235. The summed E-state index contributed by atoms with van der Waals surface area (Å²) in [6.07, 6.45) is 0. The molecule has 2 aromatic rings. The summed E-state index contributed by atoms with van der Waals surface area (Å²) in [5.74, 6) is 1.12. The number of rotatable bonds is 6. The molecule has 0 radical (unpaired) electrons. The zero-order chi connectivity index (χ0) is 15.2. The molecule has 0 amide bonds. The van der Waals surface area contributed by atoms with Crippen molar-refractivity contribution < 1.29 is 14.3 Å². The lowest BCUT2D eigenvalue weighted by atomic mass is 10.1. The summed E-state index contributed by atoms with van der Waals surface area (Å²) in [6.45, 7) is 4.25. The standard InChI is InChI=1S/C17H17ClO3/c1-3-20-17-7-5-4-6-14(17)15(19)11-21-16-9-8-13(18)10-12(16)2/h4-10H,3,11H2,1-2H3. The summed E-state index contributed by atoms with van der Waals surface area (Å²) in [6, 6.07) is 12.5. The number of ether oxygens (including phenoxy) is 2. The number of aryl methyl sites for hydroxylation is 1. The molecule has 0 aromatic heterocycles. The average Bonchev–Trinajstić information content (AvgIpc) is 2.47. The first kappa shape index (κ1) is 15.4. The predicted octanol–water partition coefficient (Wildman–Crippen LogP) is 4.31. The molecule has 0 N–H and O–H groups in total. The van der Waals surface area contributed by atoms with E-state index >= 15 is 0 Å². The monoisotopic (exact) mass is 304 g/mol. The van der Waals surface area contributed by atoms with Gasteiger partial charge in [-0.05, 0) is 49.7 Å². The number of hydrogen-bond acceptors (Lipinski definition) is 3. The van der Waals surface area contributed by atoms with Crippen LogP contribution < -0.4 is 9.47 Å². The molecular weight excluding hydrogens is 288 g/mol. The van der Waals surface area contributed by atoms with Crippen molar-refractivity contribution >= 4 is 17.4 Å². The van der Waals surface area contributed by atoms with E-state index in [9.17, 15) is 4.79 Å². The molecule has 0 saturated heterocycles. The second-order valence-corrected chi connectivity index (χ2v) is 4.99. The number of hydrogen-bond donors (Lipinski definition) is 0. The Balaban J connectivity index is 2.08. The van der Waals surface area contributed by atoms with E-state index in [1.54, 1.807) is 30.3 Å². The quantitative estimate of drug-likeness (QED) is 0.746. The first-order chi connectivity index (χ1) is 10.1. The third-order valence-corrected chi connectivity index (χ3v) is 3.22. The molecule has 0 aliphatic carbocycles. The summed E-state index contributed by atoms with van der Waals surface area (Å²) < 4.78 is 11.0. The molecule has 0 fully saturated rings. The molecule has 0 atom stereocenters. The average molecular weight is 305 g/mol. The fourth-order valence-corrected chi connectivity index (χ4v) is 2.20. The Bertz CT molecular complexity index is 638. The van der Waals surface area contributed by atoms with Crippen molar-refractivity contribution in [2.45, 2.75) is 13.8 Å². The fourth-order valence-electron chi connectivity index (χ4n) is 1.97. The van der Waals surface area contributed by atoms with Crippen LogP contribution in [0, 0.1) is 6.92 Å². The Labute approximate surface area is 129 Å². The second-order valence-electron chi connectivity index (χ2n) is 4.55. The van der Waals surface area contributed by atoms with E-state index in [4.69, 9.17) is 21.1 Å². The third kappa shape index (κ3) is 3.99. The maximum atomic E-state index is 12.3. The maximum Gasteiger partial charge on any atom is 0.203 e. The number of carbonyl (C=O) groups is 1. The zero-order valence-corrected chi connectivity index (χ0v) is 12.8. The smallest absolute Gasteiger partial charge is 0.203 e. The largest absolute Gasteiger partial charge is 0.493 e. The molecule has 2 aromatic carbocycles. The van der Waals surface area contributed by atoms with E-state index in [2.05, 4.69) is 0 Å². The normalized spacial score (nSPS) is 10.2. The van der Waals surface area contributed by atoms with Crippen LogP contribution in [0.4, 0.5) is 0 Å². The van der Waals surface area contributed by atoms with Crippen LogP contribution in [0.2, 0.25) is 5.02 Å². The van der Waals surface area contributed by atoms with Crippen molar-refractivity contribution in [3.05, 3.63) is 58.6 Å². The van der Waals surface area contributed by atoms with Gasteiger partial charge in [-0.15, -0.1) is 0 Å². The van der Waals surface area contributed by atoms with E-state index in [0.29, 0.717) is 28.7 Å². The second kappa shape index (κ2) is 7.14. The lowest BCUT2D eigenvalue weighted by molar-refractivity contribution is 0.0917. The van der Waals surface area contributed by atoms with E-state index < -0.39 is 0 Å². The number of carbonyl (C=O) groups excluding carboxylic acids is 1. The molecule has 0 heterocycles. The highest BCUT2D eigenvalue weighted by molar-refractivity contribution is 6.30. The van der Waals surface area contributed by atoms with Gasteiger partial charge >= 0.3 is 0 Å². The molecule has 0 aliphatic heterocycles. The highest BCUT2D eigenvalue weighted by Crippen LogP contribution is 2.23. The van der Waals surface area contributed by atoms with E-state index in [-0.39, 0.29) is 12.4 Å². The lowest BCUT2D eigenvalue weighted by Crippen LogP contribution is -2.13. The van der Waals surface area contributed by atoms with Crippen molar-refractivity contribution in [3.8, 4) is 11.5 Å². The molecule has 0 saturated carbocycles. The van der Waals surface area contributed by atoms with Crippen molar-refractivity contribution in [2.24, 2.45) is 0 Å². The van der Waals surface area contributed by atoms with Crippen LogP contribution in [0.5, 0.6) is 11.5 Å². The highest BCUT2D eigenvalue weighted by Gasteiger charge is 2.13. The van der Waals surface area contributed by atoms with Crippen molar-refractivity contribution in [2.75, 3.05) is 13.2 Å². The zero-order valence-electron chi connectivity index (χ0n) is 12.1. The Morgan fingerprint density at radius 3 is 2.57 bits per heavy atom. The van der Waals surface area contributed by atoms with E-state index in [1.165, 1.54) is 0 Å². The molecule has 0 unspecified atom stereocenters. The first-order valence-corrected chi connectivity index (χ1v) is 7.13. The van der Waals surface area contributed by atoms with Crippen molar-refractivity contribution in [3.63, 3.8) is 0 Å². The first-order valence-electron chi connectivity index (χ1n) is 6.75. The molecular formula is C17H17ClO3. The van der Waals surface area contributed by atoms with E-state index in [0.717, 1.165) is 5.56 Å². The van der Waals surface area contributed by atoms with Gasteiger partial charge < -0.3 is 9.47 Å². The van der Waals surface area contributed by atoms with Gasteiger partial charge in [-0.25, -0.2) is 0 Å². The van der Waals surface area contributed by atoms with Crippen LogP contribution >= 0.6 is 11.6 Å². The van der Waals surface area contributed by atoms with Crippen molar-refractivity contribution in [1.82, 2.24) is 0 Å². The van der Waals surface area contributed by atoms with Gasteiger partial charge in [0.1, 0.15) is 11.5 Å². The molecule has 21 heavy (non-hydrogen) atoms. The minimum atomic E-state index is -0.117. The minimum Gasteiger partial charge on any atom is -0.493 e. The molecule has 0 spiro atoms. The Morgan fingerprint density at radius 2 is 1.86 bits per heavy atom. The highest BCUT2D eigenvalue weighted by atomic mass is 35.5. The van der Waals surface area contributed by atoms with Crippen LogP contribution in [-0.2, 0) is 0 Å². The van der Waals surface area contributed by atoms with E-state index in [1.807, 2.05) is 26.0 Å². The summed E-state index contributed by atoms with van der Waals surface area (Å²) in [5, 5.41) is 0.646. The van der Waals surface area contributed by atoms with Crippen LogP contribution in [0.15, 0.2) is 42.5 Å². The van der Waals surface area contributed by atoms with Crippen LogP contribution in [0.1, 0.15) is 22.8 Å². The molecule has 2 rings (SSSR count). The summed E-state index contributed by atoms with van der Waals surface area (Å²) in [5.41, 5.74) is 1.43. The molecule has 3 nitrogen and oxygen atoms in total. The van der Waals surface area contributed by atoms with Gasteiger partial charge in [0, 0.05) is 5.02 Å². The van der Waals surface area contributed by atoms with Crippen LogP contribution in [0.3, 0.4) is 0 Å². The van der Waals surface area contributed by atoms with Gasteiger partial charge in [0.15, 0.2) is 6.61 Å². The van der Waals surface area contributed by atoms with Crippen LogP contribution in [0.25, 0.3) is 0 Å². The summed E-state index contributed by atoms with van der Waals surface area (Å²) >= 11 is 5.89. The van der Waals surface area contributed by atoms with Crippen LogP contribution in [-0.4, -0.2) is 19.0 Å². The van der Waals surface area contributed by atoms with Gasteiger partial charge in [0.25, 0.3) is 0 Å². The Hall–Kier alpha value is -2.00. The SMILES string of the molecule is CCOc1ccccc1C(=O)COc1ccc(Cl)cc1C. The molecule has 110 valence electrons. The number of halogens is 1. The van der Waals surface area contributed by atoms with Gasteiger partial charge in [-0.1, -0.05) is 23.7 Å². The topological polar surface area (TPSA) is 35.5 Å². The van der Waals surface area contributed by atoms with Gasteiger partial charge in [0.2, 0.25) is 5.78 Å². The predicted molar refractivity (Wildman–Crippen MR) is 83.6 cm³/mol. The van der Waals surface area contributed by atoms with Gasteiger partial charge in [0.05, 0.1) is 12.2 Å². The van der Waals surface area contributed by atoms with Gasteiger partial charge in [-0.3, -0.25) is 4.79 Å². The minimum absolute atomic E-state index is 0.0352. The maximum absolute atomic E-state index is 12.3. The molecule has 0 aliphatic rings. The number of para-hydroxylation sites is 1. The number of benzene rings is 2. The number of Topliss-reactive ketones (excluding diaryl/α,β-unsaturated/α-hetero) is 1. The van der Waals surface area contributed by atoms with Crippen molar-refractivity contribution in [1.29, 1.82) is 0 Å². The van der Waals surface area contributed by atoms with Gasteiger partial charge in [-0.2, -0.15) is 0 Å².